The van der Waals surface area contributed by atoms with Crippen molar-refractivity contribution in [3.05, 3.63) is 0 Å². The monoisotopic (exact) mass is 885 g/mol. The molecule has 0 radical (unpaired) electrons. The molecule has 4 aliphatic heterocycles. The summed E-state index contributed by atoms with van der Waals surface area (Å²) in [6, 6.07) is 0. The molecule has 362 valence electrons. The Morgan fingerprint density at radius 3 is 1.35 bits per heavy atom. The number of Topliss-reactive ketones (excluding diaryl/α,β-unsaturated/α-hetero) is 2. The molecule has 4 aliphatic rings. The van der Waals surface area contributed by atoms with E-state index in [0.29, 0.717) is 105 Å². The van der Waals surface area contributed by atoms with E-state index >= 15 is 0 Å². The van der Waals surface area contributed by atoms with Crippen LogP contribution in [0.15, 0.2) is 0 Å². The Bertz CT molecular complexity index is 1430. The Hall–Kier alpha value is -1.10. The van der Waals surface area contributed by atoms with Gasteiger partial charge in [-0.3, -0.25) is 9.59 Å². The summed E-state index contributed by atoms with van der Waals surface area (Å²) in [5, 5.41) is 10.4. The maximum atomic E-state index is 12.2. The van der Waals surface area contributed by atoms with Gasteiger partial charge in [0.15, 0.2) is 11.6 Å². The average Bonchev–Trinajstić information content (AvgIpc) is 3.20. The zero-order valence-corrected chi connectivity index (χ0v) is 41.4. The van der Waals surface area contributed by atoms with Crippen molar-refractivity contribution in [1.82, 2.24) is 0 Å². The summed E-state index contributed by atoms with van der Waals surface area (Å²) in [7, 11) is 0. The van der Waals surface area contributed by atoms with Crippen LogP contribution in [-0.2, 0) is 57.0 Å². The van der Waals surface area contributed by atoms with Crippen molar-refractivity contribution < 1.29 is 62.1 Å². The van der Waals surface area contributed by atoms with E-state index in [1.807, 2.05) is 27.7 Å². The van der Waals surface area contributed by atoms with Crippen molar-refractivity contribution in [2.45, 2.75) is 176 Å². The molecule has 12 atom stereocenters. The number of carbonyl (C=O) groups excluding carboxylic acids is 2. The molecular weight excluding hydrogens is 797 g/mol. The molecule has 0 bridgehead atoms. The Labute approximate surface area is 374 Å². The van der Waals surface area contributed by atoms with Crippen LogP contribution in [0.25, 0.3) is 0 Å². The molecule has 4 rings (SSSR count). The van der Waals surface area contributed by atoms with E-state index in [1.165, 1.54) is 6.92 Å². The summed E-state index contributed by atoms with van der Waals surface area (Å²) >= 11 is 0. The third-order valence-corrected chi connectivity index (χ3v) is 15.3. The van der Waals surface area contributed by atoms with Crippen LogP contribution in [0.1, 0.15) is 135 Å². The molecule has 4 fully saturated rings. The third-order valence-electron chi connectivity index (χ3n) is 15.3. The SMILES string of the molecule is CC(=O)C(C)OCC1(C)C[C@](C)(COC[C@@H]2CC[C@](C)(COC[C@]3(C)CO[C@@](C)(COC[C@@H]4CC[C@](C)(COC(C)C)OC4)CC3(C)COC(C)C(C)=O)OC2)OC[C@@]1(C)CO. The molecule has 13 nitrogen and oxygen atoms in total. The first-order valence-electron chi connectivity index (χ1n) is 23.5. The molecule has 62 heavy (non-hydrogen) atoms. The lowest BCUT2D eigenvalue weighted by Gasteiger charge is -2.55. The third kappa shape index (κ3) is 14.2. The normalized spacial score (nSPS) is 40.3. The number of ketones is 2. The maximum absolute atomic E-state index is 12.2. The highest BCUT2D eigenvalue weighted by atomic mass is 16.6. The van der Waals surface area contributed by atoms with Crippen LogP contribution < -0.4 is 0 Å². The summed E-state index contributed by atoms with van der Waals surface area (Å²) in [5.41, 5.74) is -3.48. The van der Waals surface area contributed by atoms with E-state index in [9.17, 15) is 14.7 Å². The molecular formula is C49H88O13. The highest BCUT2D eigenvalue weighted by molar-refractivity contribution is 5.80. The molecule has 0 aromatic heterocycles. The van der Waals surface area contributed by atoms with Crippen molar-refractivity contribution in [3.8, 4) is 0 Å². The number of aliphatic hydroxyl groups is 1. The summed E-state index contributed by atoms with van der Waals surface area (Å²) in [6.07, 6.45) is 4.23. The van der Waals surface area contributed by atoms with Gasteiger partial charge in [-0.15, -0.1) is 0 Å². The van der Waals surface area contributed by atoms with Crippen molar-refractivity contribution in [3.63, 3.8) is 0 Å². The van der Waals surface area contributed by atoms with Crippen molar-refractivity contribution >= 4 is 11.6 Å². The van der Waals surface area contributed by atoms with E-state index in [2.05, 4.69) is 48.5 Å². The van der Waals surface area contributed by atoms with Crippen molar-refractivity contribution in [2.75, 3.05) is 92.5 Å². The Balaban J connectivity index is 1.25. The Morgan fingerprint density at radius 2 is 0.952 bits per heavy atom. The van der Waals surface area contributed by atoms with Gasteiger partial charge in [0, 0.05) is 33.5 Å². The minimum absolute atomic E-state index is 0.00437. The first-order valence-corrected chi connectivity index (χ1v) is 23.5. The van der Waals surface area contributed by atoms with Crippen LogP contribution in [0.3, 0.4) is 0 Å². The van der Waals surface area contributed by atoms with Crippen LogP contribution in [0, 0.1) is 33.5 Å². The summed E-state index contributed by atoms with van der Waals surface area (Å²) < 4.78 is 63.2. The van der Waals surface area contributed by atoms with Gasteiger partial charge in [-0.2, -0.15) is 0 Å². The van der Waals surface area contributed by atoms with E-state index in [-0.39, 0.29) is 41.2 Å². The van der Waals surface area contributed by atoms with Gasteiger partial charge >= 0.3 is 0 Å². The fraction of sp³-hybridized carbons (Fsp3) is 0.959. The lowest BCUT2D eigenvalue weighted by atomic mass is 9.60. The number of hydrogen-bond donors (Lipinski definition) is 1. The Morgan fingerprint density at radius 1 is 0.532 bits per heavy atom. The summed E-state index contributed by atoms with van der Waals surface area (Å²) in [5.74, 6) is 0.552. The van der Waals surface area contributed by atoms with Gasteiger partial charge in [0.05, 0.1) is 121 Å². The van der Waals surface area contributed by atoms with Gasteiger partial charge < -0.3 is 52.5 Å². The number of rotatable bonds is 24. The molecule has 0 spiro atoms. The summed E-state index contributed by atoms with van der Waals surface area (Å²) in [6.45, 7) is 34.1. The molecule has 0 saturated carbocycles. The van der Waals surface area contributed by atoms with E-state index < -0.39 is 45.3 Å². The Kier molecular flexibility index (Phi) is 18.7. The lowest BCUT2D eigenvalue weighted by molar-refractivity contribution is -0.240. The molecule has 0 aliphatic carbocycles. The van der Waals surface area contributed by atoms with Crippen molar-refractivity contribution in [2.24, 2.45) is 33.5 Å². The van der Waals surface area contributed by atoms with Gasteiger partial charge in [-0.1, -0.05) is 27.7 Å². The molecule has 13 heteroatoms. The highest BCUT2D eigenvalue weighted by Crippen LogP contribution is 2.52. The van der Waals surface area contributed by atoms with E-state index in [4.69, 9.17) is 47.4 Å². The predicted molar refractivity (Wildman–Crippen MR) is 237 cm³/mol. The number of hydrogen-bond acceptors (Lipinski definition) is 13. The zero-order valence-electron chi connectivity index (χ0n) is 41.4. The van der Waals surface area contributed by atoms with Gasteiger partial charge in [0.25, 0.3) is 0 Å². The average molecular weight is 885 g/mol. The molecule has 4 unspecified atom stereocenters. The smallest absolute Gasteiger partial charge is 0.158 e. The second-order valence-electron chi connectivity index (χ2n) is 22.6. The molecule has 1 N–H and O–H groups in total. The van der Waals surface area contributed by atoms with Crippen LogP contribution in [0.5, 0.6) is 0 Å². The predicted octanol–water partition coefficient (Wildman–Crippen LogP) is 7.20. The minimum Gasteiger partial charge on any atom is -0.396 e. The van der Waals surface area contributed by atoms with E-state index in [1.54, 1.807) is 13.8 Å². The quantitative estimate of drug-likeness (QED) is 0.104. The van der Waals surface area contributed by atoms with Crippen molar-refractivity contribution in [1.29, 1.82) is 0 Å². The van der Waals surface area contributed by atoms with Gasteiger partial charge in [-0.25, -0.2) is 0 Å². The first-order chi connectivity index (χ1) is 28.7. The molecule has 4 heterocycles. The standard InChI is InChI=1S/C49H88O13/c1-35(2)56-34-47(12)18-16-41(22-60-47)20-54-33-49(14)24-43(8,28-58-39(6)37(4)52)45(10,30-62-49)26-55-31-46(11)17-15-40(21-59-46)19-53-32-48(13)23-42(7,27-57-38(5)36(3)51)44(9,25-50)29-61-48/h35,38-41,50H,15-34H2,1-14H3/t38?,39?,40-,41-,42?,43?,44+,45+,46+,47+,48+,49+/m0/s1. The van der Waals surface area contributed by atoms with Crippen LogP contribution in [0.2, 0.25) is 0 Å². The first kappa shape index (κ1) is 53.5. The number of carbonyl (C=O) groups is 2. The van der Waals surface area contributed by atoms with Gasteiger partial charge in [0.2, 0.25) is 0 Å². The topological polar surface area (TPSA) is 147 Å². The van der Waals surface area contributed by atoms with Crippen LogP contribution >= 0.6 is 0 Å². The molecule has 0 aromatic rings. The second-order valence-corrected chi connectivity index (χ2v) is 22.6. The summed E-state index contributed by atoms with van der Waals surface area (Å²) in [4.78, 5) is 24.1. The van der Waals surface area contributed by atoms with E-state index in [0.717, 1.165) is 25.7 Å². The van der Waals surface area contributed by atoms with Crippen LogP contribution in [0.4, 0.5) is 0 Å². The zero-order chi connectivity index (χ0) is 46.3. The van der Waals surface area contributed by atoms with Gasteiger partial charge in [0.1, 0.15) is 12.2 Å². The number of ether oxygens (including phenoxy) is 10. The number of aliphatic hydroxyl groups excluding tert-OH is 1. The highest BCUT2D eigenvalue weighted by Gasteiger charge is 2.56. The lowest BCUT2D eigenvalue weighted by Crippen LogP contribution is -2.59. The minimum atomic E-state index is -0.562. The fourth-order valence-electron chi connectivity index (χ4n) is 9.31. The molecule has 0 aromatic carbocycles. The maximum Gasteiger partial charge on any atom is 0.158 e. The second kappa shape index (κ2) is 21.7. The van der Waals surface area contributed by atoms with Crippen LogP contribution in [-0.4, -0.2) is 150 Å². The fourth-order valence-corrected chi connectivity index (χ4v) is 9.31. The largest absolute Gasteiger partial charge is 0.396 e. The van der Waals surface area contributed by atoms with Gasteiger partial charge in [-0.05, 0) is 108 Å². The molecule has 4 saturated heterocycles. The molecule has 0 amide bonds.